The summed E-state index contributed by atoms with van der Waals surface area (Å²) in [5.74, 6) is -1.13. The normalized spacial score (nSPS) is 20.7. The summed E-state index contributed by atoms with van der Waals surface area (Å²) in [6, 6.07) is 10.7. The van der Waals surface area contributed by atoms with Gasteiger partial charge in [-0.2, -0.15) is 0 Å². The van der Waals surface area contributed by atoms with Crippen LogP contribution in [0.15, 0.2) is 42.5 Å². The van der Waals surface area contributed by atoms with Crippen LogP contribution in [0.5, 0.6) is 0 Å². The number of hydrogen-bond donors (Lipinski definition) is 2. The smallest absolute Gasteiger partial charge is 0.414 e. The van der Waals surface area contributed by atoms with Crippen LogP contribution < -0.4 is 20.4 Å². The summed E-state index contributed by atoms with van der Waals surface area (Å²) in [5, 5.41) is 6.02. The molecule has 2 aromatic rings. The number of esters is 1. The largest absolute Gasteiger partial charge is 0.442 e. The molecule has 3 saturated heterocycles. The third-order valence-corrected chi connectivity index (χ3v) is 7.42. The van der Waals surface area contributed by atoms with E-state index in [2.05, 4.69) is 10.6 Å². The molecule has 3 fully saturated rings. The number of benzene rings is 2. The van der Waals surface area contributed by atoms with Crippen LogP contribution in [0.25, 0.3) is 6.08 Å². The molecule has 3 aliphatic heterocycles. The van der Waals surface area contributed by atoms with Crippen molar-refractivity contribution in [2.24, 2.45) is 0 Å². The molecule has 0 radical (unpaired) electrons. The summed E-state index contributed by atoms with van der Waals surface area (Å²) < 4.78 is 37.0. The van der Waals surface area contributed by atoms with E-state index in [1.165, 1.54) is 24.0 Å². The van der Waals surface area contributed by atoms with Gasteiger partial charge < -0.3 is 34.5 Å². The van der Waals surface area contributed by atoms with Crippen molar-refractivity contribution in [3.63, 3.8) is 0 Å². The molecule has 11 nitrogen and oxygen atoms in total. The zero-order chi connectivity index (χ0) is 30.2. The maximum Gasteiger partial charge on any atom is 0.414 e. The van der Waals surface area contributed by atoms with Gasteiger partial charge in [0.25, 0.3) is 0 Å². The van der Waals surface area contributed by atoms with E-state index < -0.39 is 30.3 Å². The number of morpholine rings is 1. The van der Waals surface area contributed by atoms with Crippen LogP contribution in [-0.2, 0) is 35.1 Å². The van der Waals surface area contributed by atoms with Crippen molar-refractivity contribution in [1.82, 2.24) is 5.32 Å². The fraction of sp³-hybridized carbons (Fsp3) is 0.452. The maximum atomic E-state index is 15.4. The molecule has 3 heterocycles. The lowest BCUT2D eigenvalue weighted by Gasteiger charge is -2.30. The molecular formula is C31H37FN4O7. The molecule has 0 aliphatic carbocycles. The highest BCUT2D eigenvalue weighted by Gasteiger charge is 2.34. The van der Waals surface area contributed by atoms with Gasteiger partial charge in [0.15, 0.2) is 0 Å². The van der Waals surface area contributed by atoms with Gasteiger partial charge in [-0.1, -0.05) is 24.3 Å². The predicted molar refractivity (Wildman–Crippen MR) is 158 cm³/mol. The standard InChI is InChI=1S/C31H37FN4O7/c1-21(37)33-19-24-20-36(31(39)42-24)28-16-25(32)27(35-11-14-40-15-12-35)17-26(28)34-18-23-7-5-22(6-8-23)9-10-29(38)43-30-4-2-3-13-41-30/h5-10,16-17,24,30,34H,2-4,11-15,18-20H2,1H3,(H,33,37)/b10-9+/t24-,30?/m0/s1. The van der Waals surface area contributed by atoms with Crippen LogP contribution >= 0.6 is 0 Å². The highest BCUT2D eigenvalue weighted by Crippen LogP contribution is 2.36. The van der Waals surface area contributed by atoms with E-state index in [4.69, 9.17) is 18.9 Å². The molecular weight excluding hydrogens is 559 g/mol. The average Bonchev–Trinajstić information content (AvgIpc) is 3.39. The Morgan fingerprint density at radius 1 is 1.09 bits per heavy atom. The van der Waals surface area contributed by atoms with Crippen LogP contribution in [-0.4, -0.2) is 76.4 Å². The second-order valence-electron chi connectivity index (χ2n) is 10.6. The third kappa shape index (κ3) is 8.23. The zero-order valence-electron chi connectivity index (χ0n) is 24.2. The summed E-state index contributed by atoms with van der Waals surface area (Å²) in [6.07, 6.45) is 4.09. The average molecular weight is 597 g/mol. The van der Waals surface area contributed by atoms with Gasteiger partial charge in [0.2, 0.25) is 12.2 Å². The number of nitrogens with zero attached hydrogens (tertiary/aromatic N) is 2. The van der Waals surface area contributed by atoms with Crippen molar-refractivity contribution >= 4 is 41.1 Å². The molecule has 0 bridgehead atoms. The number of nitrogens with one attached hydrogen (secondary N) is 2. The highest BCUT2D eigenvalue weighted by molar-refractivity contribution is 5.95. The first kappa shape index (κ1) is 30.3. The number of carbonyl (C=O) groups is 3. The Morgan fingerprint density at radius 3 is 2.60 bits per heavy atom. The first-order valence-corrected chi connectivity index (χ1v) is 14.6. The molecule has 2 amide bonds. The van der Waals surface area contributed by atoms with Gasteiger partial charge in [-0.3, -0.25) is 9.69 Å². The lowest BCUT2D eigenvalue weighted by Crippen LogP contribution is -2.37. The minimum atomic E-state index is -0.610. The summed E-state index contributed by atoms with van der Waals surface area (Å²) in [5.41, 5.74) is 3.10. The molecule has 0 aromatic heterocycles. The molecule has 5 rings (SSSR count). The Kier molecular flexibility index (Phi) is 10.1. The van der Waals surface area contributed by atoms with E-state index >= 15 is 4.39 Å². The van der Waals surface area contributed by atoms with Crippen LogP contribution in [0.2, 0.25) is 0 Å². The van der Waals surface area contributed by atoms with Gasteiger partial charge in [-0.05, 0) is 36.1 Å². The van der Waals surface area contributed by atoms with Crippen molar-refractivity contribution in [3.8, 4) is 0 Å². The minimum absolute atomic E-state index is 0.167. The SMILES string of the molecule is CC(=O)NC[C@H]1CN(c2cc(F)c(N3CCOCC3)cc2NCc2ccc(/C=C/C(=O)OC3CCCCO3)cc2)C(=O)O1. The molecule has 230 valence electrons. The van der Waals surface area contributed by atoms with Crippen LogP contribution in [0.3, 0.4) is 0 Å². The van der Waals surface area contributed by atoms with Gasteiger partial charge in [-0.15, -0.1) is 0 Å². The van der Waals surface area contributed by atoms with Crippen molar-refractivity contribution in [1.29, 1.82) is 0 Å². The second kappa shape index (κ2) is 14.3. The number of rotatable bonds is 10. The fourth-order valence-corrected chi connectivity index (χ4v) is 5.13. The summed E-state index contributed by atoms with van der Waals surface area (Å²) in [6.45, 7) is 4.83. The molecule has 2 N–H and O–H groups in total. The van der Waals surface area contributed by atoms with E-state index in [9.17, 15) is 14.4 Å². The molecule has 2 aromatic carbocycles. The van der Waals surface area contributed by atoms with E-state index in [-0.39, 0.29) is 19.0 Å². The van der Waals surface area contributed by atoms with E-state index in [0.717, 1.165) is 24.0 Å². The maximum absolute atomic E-state index is 15.4. The van der Waals surface area contributed by atoms with E-state index in [0.29, 0.717) is 62.9 Å². The number of cyclic esters (lactones) is 1. The van der Waals surface area contributed by atoms with Gasteiger partial charge in [0.1, 0.15) is 11.9 Å². The highest BCUT2D eigenvalue weighted by atomic mass is 19.1. The first-order valence-electron chi connectivity index (χ1n) is 14.6. The molecule has 12 heteroatoms. The Hall–Kier alpha value is -4.16. The quantitative estimate of drug-likeness (QED) is 0.312. The van der Waals surface area contributed by atoms with Crippen molar-refractivity contribution in [2.45, 2.75) is 45.1 Å². The molecule has 3 aliphatic rings. The number of halogens is 1. The van der Waals surface area contributed by atoms with Gasteiger partial charge in [0, 0.05) is 45.1 Å². The summed E-state index contributed by atoms with van der Waals surface area (Å²) >= 11 is 0. The van der Waals surface area contributed by atoms with Crippen LogP contribution in [0.4, 0.5) is 26.2 Å². The summed E-state index contributed by atoms with van der Waals surface area (Å²) in [7, 11) is 0. The third-order valence-electron chi connectivity index (χ3n) is 7.42. The van der Waals surface area contributed by atoms with Crippen molar-refractivity contribution < 1.29 is 37.7 Å². The van der Waals surface area contributed by atoms with Crippen molar-refractivity contribution in [3.05, 3.63) is 59.4 Å². The Balaban J connectivity index is 1.28. The van der Waals surface area contributed by atoms with E-state index in [1.807, 2.05) is 29.2 Å². The number of amides is 2. The minimum Gasteiger partial charge on any atom is -0.442 e. The molecule has 0 saturated carbocycles. The molecule has 2 atom stereocenters. The molecule has 1 unspecified atom stereocenters. The van der Waals surface area contributed by atoms with Gasteiger partial charge in [-0.25, -0.2) is 14.0 Å². The predicted octanol–water partition coefficient (Wildman–Crippen LogP) is 3.82. The number of anilines is 3. The first-order chi connectivity index (χ1) is 20.9. The fourth-order valence-electron chi connectivity index (χ4n) is 5.13. The van der Waals surface area contributed by atoms with Gasteiger partial charge in [0.05, 0.1) is 50.0 Å². The molecule has 43 heavy (non-hydrogen) atoms. The summed E-state index contributed by atoms with van der Waals surface area (Å²) in [4.78, 5) is 39.6. The Bertz CT molecular complexity index is 1320. The number of ether oxygens (including phenoxy) is 4. The molecule has 0 spiro atoms. The lowest BCUT2D eigenvalue weighted by molar-refractivity contribution is -0.181. The number of hydrogen-bond acceptors (Lipinski definition) is 9. The topological polar surface area (TPSA) is 119 Å². The Labute approximate surface area is 249 Å². The van der Waals surface area contributed by atoms with Crippen molar-refractivity contribution in [2.75, 3.05) is 61.1 Å². The van der Waals surface area contributed by atoms with Crippen LogP contribution in [0.1, 0.15) is 37.3 Å². The van der Waals surface area contributed by atoms with Gasteiger partial charge >= 0.3 is 12.1 Å². The monoisotopic (exact) mass is 596 g/mol. The zero-order valence-corrected chi connectivity index (χ0v) is 24.2. The Morgan fingerprint density at radius 2 is 1.88 bits per heavy atom. The van der Waals surface area contributed by atoms with E-state index in [1.54, 1.807) is 12.1 Å². The van der Waals surface area contributed by atoms with Crippen LogP contribution in [0, 0.1) is 5.82 Å². The number of carbonyl (C=O) groups excluding carboxylic acids is 3. The second-order valence-corrected chi connectivity index (χ2v) is 10.6. The lowest BCUT2D eigenvalue weighted by atomic mass is 10.1.